The Balaban J connectivity index is 1.90. The molecule has 0 amide bonds. The molecule has 0 bridgehead atoms. The third kappa shape index (κ3) is 5.38. The number of hydrogen-bond acceptors (Lipinski definition) is 2. The van der Waals surface area contributed by atoms with Crippen molar-refractivity contribution in [1.82, 2.24) is 5.32 Å². The molecule has 9 heteroatoms. The number of nitrogens with one attached hydrogen (secondary N) is 1. The van der Waals surface area contributed by atoms with Gasteiger partial charge in [0.05, 0.1) is 23.3 Å². The first-order chi connectivity index (χ1) is 14.4. The van der Waals surface area contributed by atoms with Gasteiger partial charge >= 0.3 is 12.4 Å². The van der Waals surface area contributed by atoms with Crippen molar-refractivity contribution in [2.75, 3.05) is 7.05 Å². The molecule has 2 nitrogen and oxygen atoms in total. The Hall–Kier alpha value is -2.13. The van der Waals surface area contributed by atoms with Gasteiger partial charge in [-0.05, 0) is 68.3 Å². The van der Waals surface area contributed by atoms with Gasteiger partial charge in [0.25, 0.3) is 0 Å². The van der Waals surface area contributed by atoms with Gasteiger partial charge in [-0.25, -0.2) is 4.39 Å². The average molecular weight is 449 g/mol. The van der Waals surface area contributed by atoms with Gasteiger partial charge in [0.15, 0.2) is 0 Å². The molecule has 2 aromatic carbocycles. The van der Waals surface area contributed by atoms with Crippen LogP contribution in [0, 0.1) is 5.82 Å². The summed E-state index contributed by atoms with van der Waals surface area (Å²) >= 11 is 0. The second kappa shape index (κ2) is 8.78. The number of benzene rings is 2. The van der Waals surface area contributed by atoms with Crippen LogP contribution in [0.2, 0.25) is 0 Å². The van der Waals surface area contributed by atoms with E-state index in [2.05, 4.69) is 5.32 Å². The maximum atomic E-state index is 13.3. The molecule has 0 aliphatic heterocycles. The van der Waals surface area contributed by atoms with E-state index in [0.717, 1.165) is 5.56 Å². The summed E-state index contributed by atoms with van der Waals surface area (Å²) in [7, 11) is 1.76. The van der Waals surface area contributed by atoms with E-state index in [4.69, 9.17) is 4.74 Å². The highest BCUT2D eigenvalue weighted by Gasteiger charge is 2.40. The lowest BCUT2D eigenvalue weighted by atomic mass is 9.92. The summed E-state index contributed by atoms with van der Waals surface area (Å²) in [6.07, 6.45) is -10.0. The standard InChI is InChI=1S/C22H22F7NO/c1-12(14-9-15(21(24,25)26)11-16(10-14)22(27,28)29)31-19-8-7-18(30-2)20(19)13-3-5-17(23)6-4-13/h3-6,9-12,18-20,30H,7-8H2,1-2H3/t12-,18+,19+,20-/m1/s1. The summed E-state index contributed by atoms with van der Waals surface area (Å²) in [5.41, 5.74) is -2.16. The molecule has 0 unspecified atom stereocenters. The Labute approximate surface area is 175 Å². The molecule has 0 heterocycles. The van der Waals surface area contributed by atoms with E-state index in [1.54, 1.807) is 19.2 Å². The van der Waals surface area contributed by atoms with Crippen molar-refractivity contribution in [3.05, 3.63) is 70.5 Å². The number of rotatable bonds is 5. The molecule has 4 atom stereocenters. The van der Waals surface area contributed by atoms with E-state index in [0.29, 0.717) is 25.0 Å². The fraction of sp³-hybridized carbons (Fsp3) is 0.455. The monoisotopic (exact) mass is 449 g/mol. The fourth-order valence-corrected chi connectivity index (χ4v) is 4.13. The van der Waals surface area contributed by atoms with Crippen molar-refractivity contribution in [2.24, 2.45) is 0 Å². The maximum absolute atomic E-state index is 13.3. The van der Waals surface area contributed by atoms with Crippen molar-refractivity contribution >= 4 is 0 Å². The van der Waals surface area contributed by atoms with Crippen LogP contribution in [0.15, 0.2) is 42.5 Å². The molecule has 1 fully saturated rings. The maximum Gasteiger partial charge on any atom is 0.416 e. The molecule has 1 aliphatic rings. The average Bonchev–Trinajstić information content (AvgIpc) is 3.09. The molecule has 2 aromatic rings. The van der Waals surface area contributed by atoms with Gasteiger partial charge in [-0.1, -0.05) is 12.1 Å². The summed E-state index contributed by atoms with van der Waals surface area (Å²) < 4.78 is 98.3. The predicted octanol–water partition coefficient (Wildman–Crippen LogP) is 6.48. The van der Waals surface area contributed by atoms with E-state index in [-0.39, 0.29) is 23.6 Å². The molecule has 1 saturated carbocycles. The first-order valence-corrected chi connectivity index (χ1v) is 9.77. The Morgan fingerprint density at radius 1 is 0.903 bits per heavy atom. The van der Waals surface area contributed by atoms with Crippen LogP contribution in [-0.2, 0) is 17.1 Å². The predicted molar refractivity (Wildman–Crippen MR) is 101 cm³/mol. The Kier molecular flexibility index (Phi) is 6.67. The number of halogens is 7. The third-order valence-corrected chi connectivity index (χ3v) is 5.68. The molecule has 0 aromatic heterocycles. The molecule has 170 valence electrons. The molecule has 0 saturated heterocycles. The summed E-state index contributed by atoms with van der Waals surface area (Å²) in [6, 6.07) is 7.31. The normalized spacial score (nSPS) is 23.2. The number of ether oxygens (including phenoxy) is 1. The van der Waals surface area contributed by atoms with Gasteiger partial charge in [-0.3, -0.25) is 0 Å². The highest BCUT2D eigenvalue weighted by Crippen LogP contribution is 2.41. The van der Waals surface area contributed by atoms with Gasteiger partial charge in [-0.15, -0.1) is 0 Å². The highest BCUT2D eigenvalue weighted by atomic mass is 19.4. The van der Waals surface area contributed by atoms with E-state index in [1.165, 1.54) is 19.1 Å². The number of alkyl halides is 6. The van der Waals surface area contributed by atoms with E-state index in [9.17, 15) is 30.7 Å². The largest absolute Gasteiger partial charge is 0.416 e. The van der Waals surface area contributed by atoms with Crippen LogP contribution in [0.1, 0.15) is 54.0 Å². The number of likely N-dealkylation sites (N-methyl/N-ethyl adjacent to an activating group) is 1. The van der Waals surface area contributed by atoms with Crippen molar-refractivity contribution in [3.8, 4) is 0 Å². The Morgan fingerprint density at radius 3 is 1.94 bits per heavy atom. The zero-order valence-corrected chi connectivity index (χ0v) is 16.8. The van der Waals surface area contributed by atoms with Gasteiger partial charge in [0.2, 0.25) is 0 Å². The van der Waals surface area contributed by atoms with Crippen LogP contribution < -0.4 is 5.32 Å². The molecule has 0 spiro atoms. The van der Waals surface area contributed by atoms with Gasteiger partial charge < -0.3 is 10.1 Å². The van der Waals surface area contributed by atoms with Gasteiger partial charge in [0, 0.05) is 12.0 Å². The van der Waals surface area contributed by atoms with Gasteiger partial charge in [-0.2, -0.15) is 26.3 Å². The first-order valence-electron chi connectivity index (χ1n) is 9.77. The second-order valence-electron chi connectivity index (χ2n) is 7.71. The van der Waals surface area contributed by atoms with E-state index >= 15 is 0 Å². The highest BCUT2D eigenvalue weighted by molar-refractivity contribution is 5.35. The SMILES string of the molecule is CN[C@H]1CC[C@H](O[C@H](C)c2cc(C(F)(F)F)cc(C(F)(F)F)c2)[C@@H]1c1ccc(F)cc1. The summed E-state index contributed by atoms with van der Waals surface area (Å²) in [6.45, 7) is 1.43. The smallest absolute Gasteiger partial charge is 0.370 e. The zero-order chi connectivity index (χ0) is 23.0. The van der Waals surface area contributed by atoms with E-state index in [1.807, 2.05) is 0 Å². The molecule has 3 rings (SSSR count). The fourth-order valence-electron chi connectivity index (χ4n) is 4.13. The summed E-state index contributed by atoms with van der Waals surface area (Å²) in [5, 5.41) is 3.16. The zero-order valence-electron chi connectivity index (χ0n) is 16.8. The Bertz CT molecular complexity index is 860. The lowest BCUT2D eigenvalue weighted by molar-refractivity contribution is -0.143. The second-order valence-corrected chi connectivity index (χ2v) is 7.71. The first kappa shape index (κ1) is 23.5. The van der Waals surface area contributed by atoms with Crippen molar-refractivity contribution in [3.63, 3.8) is 0 Å². The van der Waals surface area contributed by atoms with E-state index < -0.39 is 41.5 Å². The van der Waals surface area contributed by atoms with Crippen LogP contribution in [0.25, 0.3) is 0 Å². The third-order valence-electron chi connectivity index (χ3n) is 5.68. The molecule has 31 heavy (non-hydrogen) atoms. The lowest BCUT2D eigenvalue weighted by Gasteiger charge is -2.28. The van der Waals surface area contributed by atoms with Crippen LogP contribution >= 0.6 is 0 Å². The minimum Gasteiger partial charge on any atom is -0.370 e. The van der Waals surface area contributed by atoms with Crippen molar-refractivity contribution < 1.29 is 35.5 Å². The van der Waals surface area contributed by atoms with Crippen LogP contribution in [0.3, 0.4) is 0 Å². The molecule has 1 aliphatic carbocycles. The topological polar surface area (TPSA) is 21.3 Å². The minimum absolute atomic E-state index is 0.0186. The minimum atomic E-state index is -4.92. The molecule has 1 N–H and O–H groups in total. The Morgan fingerprint density at radius 2 is 1.45 bits per heavy atom. The van der Waals surface area contributed by atoms with Gasteiger partial charge in [0.1, 0.15) is 5.82 Å². The van der Waals surface area contributed by atoms with Crippen molar-refractivity contribution in [1.29, 1.82) is 0 Å². The van der Waals surface area contributed by atoms with Crippen LogP contribution in [-0.4, -0.2) is 19.2 Å². The molecular weight excluding hydrogens is 427 g/mol. The molecule has 0 radical (unpaired) electrons. The molecular formula is C22H22F7NO. The number of hydrogen-bond donors (Lipinski definition) is 1. The summed E-state index contributed by atoms with van der Waals surface area (Å²) in [4.78, 5) is 0. The van der Waals surface area contributed by atoms with Crippen LogP contribution in [0.4, 0.5) is 30.7 Å². The van der Waals surface area contributed by atoms with Crippen LogP contribution in [0.5, 0.6) is 0 Å². The quantitative estimate of drug-likeness (QED) is 0.528. The van der Waals surface area contributed by atoms with Crippen molar-refractivity contribution in [2.45, 2.75) is 56.3 Å². The summed E-state index contributed by atoms with van der Waals surface area (Å²) in [5.74, 6) is -0.627. The lowest BCUT2D eigenvalue weighted by Crippen LogP contribution is -2.32.